The molecule has 9 heteroatoms. The monoisotopic (exact) mass is 532 g/mol. The lowest BCUT2D eigenvalue weighted by Crippen LogP contribution is -2.50. The number of hydrogen-bond donors (Lipinski definition) is 2. The Morgan fingerprint density at radius 2 is 1.92 bits per heavy atom. The summed E-state index contributed by atoms with van der Waals surface area (Å²) in [4.78, 5) is 54.3. The van der Waals surface area contributed by atoms with Crippen LogP contribution in [-0.2, 0) is 35.1 Å². The fourth-order valence-electron chi connectivity index (χ4n) is 4.39. The quantitative estimate of drug-likeness (QED) is 0.250. The molecule has 2 N–H and O–H groups in total. The van der Waals surface area contributed by atoms with Gasteiger partial charge in [0.05, 0.1) is 11.2 Å². The Morgan fingerprint density at radius 1 is 1.21 bits per heavy atom. The number of cyclic esters (lactones) is 1. The molecule has 1 aromatic carbocycles. The number of pyridine rings is 1. The Kier molecular flexibility index (Phi) is 9.19. The number of carbonyl (C=O) groups is 4. The maximum absolute atomic E-state index is 13.2. The maximum atomic E-state index is 13.2. The van der Waals surface area contributed by atoms with Crippen LogP contribution in [0.4, 0.5) is 0 Å². The van der Waals surface area contributed by atoms with Gasteiger partial charge in [0.2, 0.25) is 5.60 Å². The number of allylic oxidation sites excluding steroid dienone is 2. The van der Waals surface area contributed by atoms with E-state index < -0.39 is 30.1 Å². The summed E-state index contributed by atoms with van der Waals surface area (Å²) in [6.07, 6.45) is 4.46. The lowest BCUT2D eigenvalue weighted by molar-refractivity contribution is -0.179. The van der Waals surface area contributed by atoms with Crippen molar-refractivity contribution in [3.05, 3.63) is 83.2 Å². The van der Waals surface area contributed by atoms with E-state index in [1.165, 1.54) is 13.0 Å². The van der Waals surface area contributed by atoms with Gasteiger partial charge in [0.15, 0.2) is 5.78 Å². The van der Waals surface area contributed by atoms with Crippen molar-refractivity contribution in [3.8, 4) is 0 Å². The second kappa shape index (κ2) is 12.3. The van der Waals surface area contributed by atoms with Gasteiger partial charge in [0.1, 0.15) is 13.2 Å². The van der Waals surface area contributed by atoms with Crippen LogP contribution in [0.1, 0.15) is 45.4 Å². The normalized spacial score (nSPS) is 17.7. The number of carbonyl (C=O) groups excluding carboxylic acids is 3. The first-order chi connectivity index (χ1) is 18.5. The molecular formula is C30H32N2O7. The highest BCUT2D eigenvalue weighted by molar-refractivity contribution is 6.01. The number of esters is 2. The summed E-state index contributed by atoms with van der Waals surface area (Å²) in [5.74, 6) is -3.08. The predicted molar refractivity (Wildman–Crippen MR) is 146 cm³/mol. The molecule has 0 aliphatic carbocycles. The van der Waals surface area contributed by atoms with Gasteiger partial charge in [-0.25, -0.2) is 14.6 Å². The minimum atomic E-state index is -1.86. The largest absolute Gasteiger partial charge is 0.478 e. The van der Waals surface area contributed by atoms with E-state index >= 15 is 0 Å². The molecule has 0 bridgehead atoms. The van der Waals surface area contributed by atoms with Crippen molar-refractivity contribution in [2.45, 2.75) is 46.1 Å². The molecule has 0 fully saturated rings. The standard InChI is InChI=1S/C30H32N2O7/c1-6-21-15-22-10-8-9-11-25(22)32-28(21)18(3)14-24-23(20(5)33)17-38-29(37)30(24,7-2)39-27(36)16-31-19(4)12-13-26(34)35/h8-15,31H,4,6-7,16-17H2,1-3,5H3,(H,34,35)/b13-12-,18-14+. The van der Waals surface area contributed by atoms with Crippen molar-refractivity contribution in [1.29, 1.82) is 0 Å². The zero-order valence-corrected chi connectivity index (χ0v) is 22.5. The number of carboxylic acids is 1. The minimum Gasteiger partial charge on any atom is -0.478 e. The number of aliphatic carboxylic acids is 1. The first kappa shape index (κ1) is 29.0. The van der Waals surface area contributed by atoms with Gasteiger partial charge < -0.3 is 19.9 Å². The third-order valence-corrected chi connectivity index (χ3v) is 6.45. The molecule has 9 nitrogen and oxygen atoms in total. The summed E-state index contributed by atoms with van der Waals surface area (Å²) in [7, 11) is 0. The maximum Gasteiger partial charge on any atom is 0.355 e. The summed E-state index contributed by atoms with van der Waals surface area (Å²) < 4.78 is 11.1. The number of fused-ring (bicyclic) bond motifs is 1. The number of para-hydroxylation sites is 1. The molecule has 0 amide bonds. The van der Waals surface area contributed by atoms with E-state index in [0.717, 1.165) is 22.5 Å². The van der Waals surface area contributed by atoms with Gasteiger partial charge in [-0.3, -0.25) is 9.59 Å². The van der Waals surface area contributed by atoms with Gasteiger partial charge in [-0.05, 0) is 62.1 Å². The zero-order valence-electron chi connectivity index (χ0n) is 22.5. The number of rotatable bonds is 11. The average Bonchev–Trinajstić information content (AvgIpc) is 2.91. The molecule has 1 aliphatic heterocycles. The fraction of sp³-hybridized carbons (Fsp3) is 0.300. The average molecular weight is 533 g/mol. The number of benzene rings is 1. The van der Waals surface area contributed by atoms with E-state index in [2.05, 4.69) is 18.0 Å². The lowest BCUT2D eigenvalue weighted by Gasteiger charge is -2.36. The van der Waals surface area contributed by atoms with Crippen LogP contribution in [0.5, 0.6) is 0 Å². The third-order valence-electron chi connectivity index (χ3n) is 6.45. The summed E-state index contributed by atoms with van der Waals surface area (Å²) >= 11 is 0. The number of nitrogens with one attached hydrogen (secondary N) is 1. The van der Waals surface area contributed by atoms with Crippen molar-refractivity contribution in [2.75, 3.05) is 13.2 Å². The van der Waals surface area contributed by atoms with Gasteiger partial charge in [-0.1, -0.05) is 38.6 Å². The summed E-state index contributed by atoms with van der Waals surface area (Å²) in [5, 5.41) is 12.4. The Morgan fingerprint density at radius 3 is 2.56 bits per heavy atom. The summed E-state index contributed by atoms with van der Waals surface area (Å²) in [6.45, 7) is 9.88. The van der Waals surface area contributed by atoms with Crippen molar-refractivity contribution >= 4 is 40.2 Å². The molecule has 1 atom stereocenters. The molecule has 39 heavy (non-hydrogen) atoms. The number of ketones is 1. The summed E-state index contributed by atoms with van der Waals surface area (Å²) in [5.41, 5.74) is 1.98. The second-order valence-corrected chi connectivity index (χ2v) is 9.10. The van der Waals surface area contributed by atoms with E-state index in [4.69, 9.17) is 19.6 Å². The van der Waals surface area contributed by atoms with Gasteiger partial charge in [-0.15, -0.1) is 0 Å². The van der Waals surface area contributed by atoms with Crippen molar-refractivity contribution in [2.24, 2.45) is 0 Å². The fourth-order valence-corrected chi connectivity index (χ4v) is 4.39. The van der Waals surface area contributed by atoms with Gasteiger partial charge >= 0.3 is 17.9 Å². The Hall–Kier alpha value is -4.53. The van der Waals surface area contributed by atoms with Crippen LogP contribution in [0.15, 0.2) is 72.0 Å². The highest BCUT2D eigenvalue weighted by atomic mass is 16.6. The molecule has 1 unspecified atom stereocenters. The van der Waals surface area contributed by atoms with Crippen LogP contribution in [0, 0.1) is 0 Å². The van der Waals surface area contributed by atoms with Crippen LogP contribution in [0.2, 0.25) is 0 Å². The SMILES string of the molecule is C=C(/C=C\C(=O)O)NCC(=O)OC1(CC)C(=O)OCC(C(C)=O)=C1/C=C(\C)c1nc2ccccc2cc1CC. The Labute approximate surface area is 226 Å². The van der Waals surface area contributed by atoms with Crippen LogP contribution in [0.3, 0.4) is 0 Å². The zero-order chi connectivity index (χ0) is 28.7. The van der Waals surface area contributed by atoms with Gasteiger partial charge in [0, 0.05) is 28.3 Å². The lowest BCUT2D eigenvalue weighted by atomic mass is 9.82. The van der Waals surface area contributed by atoms with Crippen molar-refractivity contribution in [1.82, 2.24) is 10.3 Å². The number of Topliss-reactive ketones (excluding diaryl/α,β-unsaturated/α-hetero) is 1. The van der Waals surface area contributed by atoms with Crippen molar-refractivity contribution in [3.63, 3.8) is 0 Å². The Bertz CT molecular complexity index is 1430. The molecule has 2 heterocycles. The molecule has 0 radical (unpaired) electrons. The number of nitrogens with zero attached hydrogens (tertiary/aromatic N) is 1. The molecule has 0 spiro atoms. The topological polar surface area (TPSA) is 132 Å². The van der Waals surface area contributed by atoms with Crippen LogP contribution >= 0.6 is 0 Å². The molecule has 3 rings (SSSR count). The number of carboxylic acid groups (broad SMARTS) is 1. The number of hydrogen-bond acceptors (Lipinski definition) is 8. The minimum absolute atomic E-state index is 0.0130. The highest BCUT2D eigenvalue weighted by Gasteiger charge is 2.50. The molecule has 2 aromatic rings. The van der Waals surface area contributed by atoms with Gasteiger partial charge in [0.25, 0.3) is 0 Å². The van der Waals surface area contributed by atoms with Crippen molar-refractivity contribution < 1.29 is 33.8 Å². The molecule has 0 saturated heterocycles. The van der Waals surface area contributed by atoms with E-state index in [1.807, 2.05) is 38.1 Å². The predicted octanol–water partition coefficient (Wildman–Crippen LogP) is 4.08. The van der Waals surface area contributed by atoms with Crippen LogP contribution in [-0.4, -0.2) is 52.5 Å². The van der Waals surface area contributed by atoms with Gasteiger partial charge in [-0.2, -0.15) is 0 Å². The molecule has 1 aromatic heterocycles. The number of aryl methyl sites for hydroxylation is 1. The van der Waals surface area contributed by atoms with E-state index in [1.54, 1.807) is 13.0 Å². The summed E-state index contributed by atoms with van der Waals surface area (Å²) in [6, 6.07) is 9.81. The highest BCUT2D eigenvalue weighted by Crippen LogP contribution is 2.37. The molecular weight excluding hydrogens is 500 g/mol. The smallest absolute Gasteiger partial charge is 0.355 e. The first-order valence-electron chi connectivity index (χ1n) is 12.6. The molecule has 204 valence electrons. The third kappa shape index (κ3) is 6.49. The molecule has 1 aliphatic rings. The molecule has 0 saturated carbocycles. The number of aromatic nitrogens is 1. The van der Waals surface area contributed by atoms with Crippen LogP contribution < -0.4 is 5.32 Å². The van der Waals surface area contributed by atoms with E-state index in [-0.39, 0.29) is 35.7 Å². The number of ether oxygens (including phenoxy) is 2. The first-order valence-corrected chi connectivity index (χ1v) is 12.6. The van der Waals surface area contributed by atoms with Crippen LogP contribution in [0.25, 0.3) is 16.5 Å². The Balaban J connectivity index is 2.05. The van der Waals surface area contributed by atoms with E-state index in [9.17, 15) is 19.2 Å². The second-order valence-electron chi connectivity index (χ2n) is 9.10. The van der Waals surface area contributed by atoms with E-state index in [0.29, 0.717) is 17.7 Å².